The van der Waals surface area contributed by atoms with Crippen molar-refractivity contribution < 1.29 is 14.3 Å². The molecule has 3 aromatic rings. The second-order valence-corrected chi connectivity index (χ2v) is 6.81. The van der Waals surface area contributed by atoms with Gasteiger partial charge in [0.2, 0.25) is 0 Å². The third kappa shape index (κ3) is 4.27. The summed E-state index contributed by atoms with van der Waals surface area (Å²) >= 11 is 1.39. The van der Waals surface area contributed by atoms with Crippen LogP contribution in [0.15, 0.2) is 76.5 Å². The molecule has 0 unspecified atom stereocenters. The number of amides is 1. The molecule has 3 rings (SSSR count). The predicted molar refractivity (Wildman–Crippen MR) is 109 cm³/mol. The zero-order valence-electron chi connectivity index (χ0n) is 15.4. The van der Waals surface area contributed by atoms with E-state index in [0.29, 0.717) is 28.3 Å². The molecule has 28 heavy (non-hydrogen) atoms. The molecule has 0 saturated heterocycles. The van der Waals surface area contributed by atoms with Gasteiger partial charge in [0.05, 0.1) is 25.3 Å². The van der Waals surface area contributed by atoms with Crippen molar-refractivity contribution in [2.45, 2.75) is 9.79 Å². The summed E-state index contributed by atoms with van der Waals surface area (Å²) in [6, 6.07) is 22.0. The summed E-state index contributed by atoms with van der Waals surface area (Å²) in [5.41, 5.74) is 1.69. The number of nitrogens with zero attached hydrogens (tertiary/aromatic N) is 1. The summed E-state index contributed by atoms with van der Waals surface area (Å²) in [4.78, 5) is 14.4. The third-order valence-corrected chi connectivity index (χ3v) is 5.15. The molecule has 1 N–H and O–H groups in total. The molecule has 6 heteroatoms. The Morgan fingerprint density at radius 1 is 0.929 bits per heavy atom. The van der Waals surface area contributed by atoms with Crippen LogP contribution in [0.25, 0.3) is 0 Å². The molecule has 0 aromatic heterocycles. The molecule has 0 saturated carbocycles. The van der Waals surface area contributed by atoms with Gasteiger partial charge in [-0.1, -0.05) is 36.0 Å². The molecule has 0 atom stereocenters. The van der Waals surface area contributed by atoms with Gasteiger partial charge in [-0.15, -0.1) is 0 Å². The average molecular weight is 390 g/mol. The van der Waals surface area contributed by atoms with E-state index in [4.69, 9.17) is 9.47 Å². The first-order valence-electron chi connectivity index (χ1n) is 8.45. The standard InChI is InChI=1S/C22H18N2O3S/c1-26-18-12-11-16(13-19(18)27-2)24-22(25)17-8-4-6-10-21(17)28-20-9-5-3-7-15(20)14-23/h3-13H,1-2H3,(H,24,25). The summed E-state index contributed by atoms with van der Waals surface area (Å²) < 4.78 is 10.5. The van der Waals surface area contributed by atoms with E-state index in [-0.39, 0.29) is 5.91 Å². The van der Waals surface area contributed by atoms with Gasteiger partial charge < -0.3 is 14.8 Å². The van der Waals surface area contributed by atoms with E-state index in [1.807, 2.05) is 36.4 Å². The Morgan fingerprint density at radius 2 is 1.61 bits per heavy atom. The largest absolute Gasteiger partial charge is 0.493 e. The highest BCUT2D eigenvalue weighted by atomic mass is 32.2. The Morgan fingerprint density at radius 3 is 2.32 bits per heavy atom. The smallest absolute Gasteiger partial charge is 0.256 e. The SMILES string of the molecule is COc1ccc(NC(=O)c2ccccc2Sc2ccccc2C#N)cc1OC. The number of rotatable bonds is 6. The summed E-state index contributed by atoms with van der Waals surface area (Å²) in [5, 5.41) is 12.2. The highest BCUT2D eigenvalue weighted by molar-refractivity contribution is 7.99. The van der Waals surface area contributed by atoms with Gasteiger partial charge in [-0.05, 0) is 36.4 Å². The topological polar surface area (TPSA) is 71.3 Å². The van der Waals surface area contributed by atoms with Crippen molar-refractivity contribution in [3.05, 3.63) is 77.9 Å². The molecule has 3 aromatic carbocycles. The van der Waals surface area contributed by atoms with Crippen LogP contribution in [0.2, 0.25) is 0 Å². The van der Waals surface area contributed by atoms with Crippen molar-refractivity contribution in [2.75, 3.05) is 19.5 Å². The van der Waals surface area contributed by atoms with Gasteiger partial charge >= 0.3 is 0 Å². The Kier molecular flexibility index (Phi) is 6.20. The summed E-state index contributed by atoms with van der Waals surface area (Å²) in [5.74, 6) is 0.875. The number of nitrogens with one attached hydrogen (secondary N) is 1. The van der Waals surface area contributed by atoms with Crippen LogP contribution in [0.5, 0.6) is 11.5 Å². The maximum absolute atomic E-state index is 12.9. The zero-order valence-corrected chi connectivity index (χ0v) is 16.2. The van der Waals surface area contributed by atoms with E-state index < -0.39 is 0 Å². The van der Waals surface area contributed by atoms with Crippen LogP contribution in [0.3, 0.4) is 0 Å². The molecule has 0 spiro atoms. The lowest BCUT2D eigenvalue weighted by molar-refractivity contribution is 0.102. The van der Waals surface area contributed by atoms with Gasteiger partial charge in [-0.25, -0.2) is 0 Å². The van der Waals surface area contributed by atoms with Crippen LogP contribution >= 0.6 is 11.8 Å². The van der Waals surface area contributed by atoms with E-state index in [1.165, 1.54) is 11.8 Å². The highest BCUT2D eigenvalue weighted by Crippen LogP contribution is 2.34. The summed E-state index contributed by atoms with van der Waals surface area (Å²) in [7, 11) is 3.10. The van der Waals surface area contributed by atoms with Crippen molar-refractivity contribution in [3.63, 3.8) is 0 Å². The van der Waals surface area contributed by atoms with E-state index in [1.54, 1.807) is 44.6 Å². The fraction of sp³-hybridized carbons (Fsp3) is 0.0909. The van der Waals surface area contributed by atoms with Crippen LogP contribution in [-0.2, 0) is 0 Å². The van der Waals surface area contributed by atoms with E-state index >= 15 is 0 Å². The lowest BCUT2D eigenvalue weighted by Crippen LogP contribution is -2.13. The van der Waals surface area contributed by atoms with Crippen LogP contribution in [-0.4, -0.2) is 20.1 Å². The van der Waals surface area contributed by atoms with E-state index in [9.17, 15) is 10.1 Å². The lowest BCUT2D eigenvalue weighted by Gasteiger charge is -2.12. The number of hydrogen-bond acceptors (Lipinski definition) is 5. The number of hydrogen-bond donors (Lipinski definition) is 1. The first-order valence-corrected chi connectivity index (χ1v) is 9.27. The minimum absolute atomic E-state index is 0.246. The Hall–Kier alpha value is -3.43. The maximum atomic E-state index is 12.9. The third-order valence-electron chi connectivity index (χ3n) is 4.00. The van der Waals surface area contributed by atoms with Gasteiger partial charge in [0, 0.05) is 21.5 Å². The van der Waals surface area contributed by atoms with Crippen molar-refractivity contribution in [3.8, 4) is 17.6 Å². The number of nitriles is 1. The van der Waals surface area contributed by atoms with Gasteiger partial charge in [0.15, 0.2) is 11.5 Å². The number of ether oxygens (including phenoxy) is 2. The minimum atomic E-state index is -0.246. The highest BCUT2D eigenvalue weighted by Gasteiger charge is 2.15. The van der Waals surface area contributed by atoms with Crippen LogP contribution in [0.1, 0.15) is 15.9 Å². The number of carbonyl (C=O) groups excluding carboxylic acids is 1. The maximum Gasteiger partial charge on any atom is 0.256 e. The fourth-order valence-electron chi connectivity index (χ4n) is 2.62. The zero-order chi connectivity index (χ0) is 19.9. The number of methoxy groups -OCH3 is 2. The quantitative estimate of drug-likeness (QED) is 0.643. The molecule has 0 aliphatic heterocycles. The molecule has 140 valence electrons. The molecule has 0 aliphatic rings. The first kappa shape index (κ1) is 19.3. The van der Waals surface area contributed by atoms with Crippen LogP contribution < -0.4 is 14.8 Å². The second kappa shape index (κ2) is 8.98. The van der Waals surface area contributed by atoms with Gasteiger partial charge in [0.25, 0.3) is 5.91 Å². The van der Waals surface area contributed by atoms with Crippen molar-refractivity contribution in [1.29, 1.82) is 5.26 Å². The molecule has 1 amide bonds. The Balaban J connectivity index is 1.86. The Labute approximate surface area is 167 Å². The lowest BCUT2D eigenvalue weighted by atomic mass is 10.2. The molecule has 0 heterocycles. The van der Waals surface area contributed by atoms with Gasteiger partial charge in [0.1, 0.15) is 6.07 Å². The molecule has 5 nitrogen and oxygen atoms in total. The molecule has 0 radical (unpaired) electrons. The van der Waals surface area contributed by atoms with Gasteiger partial charge in [-0.3, -0.25) is 4.79 Å². The van der Waals surface area contributed by atoms with E-state index in [2.05, 4.69) is 11.4 Å². The van der Waals surface area contributed by atoms with E-state index in [0.717, 1.165) is 9.79 Å². The number of carbonyl (C=O) groups is 1. The van der Waals surface area contributed by atoms with Crippen molar-refractivity contribution in [1.82, 2.24) is 0 Å². The predicted octanol–water partition coefficient (Wildman–Crippen LogP) is 4.98. The number of benzene rings is 3. The molecule has 0 aliphatic carbocycles. The summed E-state index contributed by atoms with van der Waals surface area (Å²) in [6.07, 6.45) is 0. The minimum Gasteiger partial charge on any atom is -0.493 e. The van der Waals surface area contributed by atoms with Crippen LogP contribution in [0.4, 0.5) is 5.69 Å². The normalized spacial score (nSPS) is 10.0. The molecule has 0 bridgehead atoms. The fourth-order valence-corrected chi connectivity index (χ4v) is 3.65. The molecular formula is C22H18N2O3S. The molecule has 0 fully saturated rings. The first-order chi connectivity index (χ1) is 13.7. The second-order valence-electron chi connectivity index (χ2n) is 5.73. The average Bonchev–Trinajstić information content (AvgIpc) is 2.74. The monoisotopic (exact) mass is 390 g/mol. The summed E-state index contributed by atoms with van der Waals surface area (Å²) in [6.45, 7) is 0. The number of anilines is 1. The molecular weight excluding hydrogens is 372 g/mol. The Bertz CT molecular complexity index is 1040. The van der Waals surface area contributed by atoms with Crippen molar-refractivity contribution in [2.24, 2.45) is 0 Å². The van der Waals surface area contributed by atoms with Crippen LogP contribution in [0, 0.1) is 11.3 Å². The van der Waals surface area contributed by atoms with Gasteiger partial charge in [-0.2, -0.15) is 5.26 Å². The van der Waals surface area contributed by atoms with Crippen molar-refractivity contribution >= 4 is 23.4 Å².